The third-order valence-electron chi connectivity index (χ3n) is 4.79. The van der Waals surface area contributed by atoms with Gasteiger partial charge in [0.1, 0.15) is 6.61 Å². The first-order valence-electron chi connectivity index (χ1n) is 9.20. The highest BCUT2D eigenvalue weighted by Gasteiger charge is 2.41. The van der Waals surface area contributed by atoms with Crippen LogP contribution >= 0.6 is 11.8 Å². The number of rotatable bonds is 8. The van der Waals surface area contributed by atoms with Gasteiger partial charge in [-0.15, -0.1) is 0 Å². The van der Waals surface area contributed by atoms with Crippen LogP contribution in [0.15, 0.2) is 23.8 Å². The van der Waals surface area contributed by atoms with Crippen LogP contribution in [-0.4, -0.2) is 56.1 Å². The first kappa shape index (κ1) is 22.7. The van der Waals surface area contributed by atoms with Gasteiger partial charge in [-0.2, -0.15) is 20.5 Å². The van der Waals surface area contributed by atoms with Crippen LogP contribution < -0.4 is 0 Å². The highest BCUT2D eigenvalue weighted by atomic mass is 32.2. The number of ether oxygens (including phenoxy) is 3. The van der Waals surface area contributed by atoms with Gasteiger partial charge < -0.3 is 14.2 Å². The zero-order valence-electron chi connectivity index (χ0n) is 15.7. The third kappa shape index (κ3) is 7.75. The van der Waals surface area contributed by atoms with Gasteiger partial charge in [0.2, 0.25) is 0 Å². The molecule has 0 aromatic carbocycles. The Morgan fingerprint density at radius 2 is 1.81 bits per heavy atom. The quantitative estimate of drug-likeness (QED) is 0.411. The van der Waals surface area contributed by atoms with Crippen molar-refractivity contribution in [2.24, 2.45) is 5.92 Å². The fraction of sp³-hybridized carbons (Fsp3) is 0.789. The second-order valence-electron chi connectivity index (χ2n) is 7.07. The summed E-state index contributed by atoms with van der Waals surface area (Å²) in [5, 5.41) is 0.379. The molecule has 2 fully saturated rings. The Morgan fingerprint density at radius 3 is 2.37 bits per heavy atom. The molecule has 0 N–H and O–H groups in total. The molecule has 0 atom stereocenters. The van der Waals surface area contributed by atoms with E-state index < -0.39 is 19.0 Å². The van der Waals surface area contributed by atoms with Crippen LogP contribution in [0.5, 0.6) is 0 Å². The molecule has 3 nitrogen and oxygen atoms in total. The van der Waals surface area contributed by atoms with E-state index in [9.17, 15) is 17.6 Å². The number of hydrogen-bond acceptors (Lipinski definition) is 4. The molecule has 1 aliphatic carbocycles. The first-order valence-corrected chi connectivity index (χ1v) is 10.5. The predicted molar refractivity (Wildman–Crippen MR) is 98.5 cm³/mol. The molecule has 156 valence electrons. The van der Waals surface area contributed by atoms with E-state index in [0.717, 1.165) is 18.4 Å². The lowest BCUT2D eigenvalue weighted by Crippen LogP contribution is -2.35. The summed E-state index contributed by atoms with van der Waals surface area (Å²) in [6.45, 7) is 2.13. The lowest BCUT2D eigenvalue weighted by molar-refractivity contribution is -0.178. The Labute approximate surface area is 162 Å². The van der Waals surface area contributed by atoms with E-state index in [4.69, 9.17) is 14.2 Å². The minimum absolute atomic E-state index is 0.322. The molecular formula is C19H28F4O3S. The van der Waals surface area contributed by atoms with E-state index in [0.29, 0.717) is 37.2 Å². The summed E-state index contributed by atoms with van der Waals surface area (Å²) in [5.74, 6) is -3.74. The van der Waals surface area contributed by atoms with Crippen molar-refractivity contribution < 1.29 is 31.8 Å². The van der Waals surface area contributed by atoms with Crippen LogP contribution in [0.2, 0.25) is 0 Å². The second kappa shape index (κ2) is 10.8. The molecule has 27 heavy (non-hydrogen) atoms. The fourth-order valence-corrected chi connectivity index (χ4v) is 3.55. The number of halogens is 4. The number of alkyl halides is 4. The summed E-state index contributed by atoms with van der Waals surface area (Å²) < 4.78 is 66.4. The average Bonchev–Trinajstić information content (AvgIpc) is 2.66. The van der Waals surface area contributed by atoms with Crippen molar-refractivity contribution in [2.75, 3.05) is 26.1 Å². The van der Waals surface area contributed by atoms with Gasteiger partial charge in [-0.1, -0.05) is 17.7 Å². The van der Waals surface area contributed by atoms with Gasteiger partial charge in [0, 0.05) is 0 Å². The normalized spacial score (nSPS) is 31.0. The van der Waals surface area contributed by atoms with E-state index in [1.165, 1.54) is 0 Å². The van der Waals surface area contributed by atoms with Crippen molar-refractivity contribution in [3.8, 4) is 0 Å². The molecule has 1 saturated heterocycles. The summed E-state index contributed by atoms with van der Waals surface area (Å²) in [6.07, 6.45) is 6.45. The summed E-state index contributed by atoms with van der Waals surface area (Å²) in [7, 11) is 0. The Bertz CT molecular complexity index is 497. The van der Waals surface area contributed by atoms with E-state index in [-0.39, 0.29) is 12.4 Å². The topological polar surface area (TPSA) is 27.7 Å². The summed E-state index contributed by atoms with van der Waals surface area (Å²) in [6, 6.07) is 0. The monoisotopic (exact) mass is 412 g/mol. The minimum atomic E-state index is -4.07. The molecule has 0 aromatic heterocycles. The molecule has 0 unspecified atom stereocenters. The van der Waals surface area contributed by atoms with Crippen molar-refractivity contribution in [1.29, 1.82) is 0 Å². The largest absolute Gasteiger partial charge is 0.372 e. The van der Waals surface area contributed by atoms with E-state index in [1.54, 1.807) is 11.8 Å². The standard InChI is InChI=1S/C19H28F4O3S/c1-13(3-8-17-24-10-16(27-2)11-25-17)9-14-4-6-15(7-5-14)26-12-19(22,23)18(20)21/h3,8-9,14-18H,4-7,10-12H2,1-2H3/b8-3+,13-9+. The zero-order valence-corrected chi connectivity index (χ0v) is 16.5. The molecule has 2 aliphatic rings. The number of hydrogen-bond donors (Lipinski definition) is 0. The van der Waals surface area contributed by atoms with Gasteiger partial charge in [0.05, 0.1) is 24.6 Å². The predicted octanol–water partition coefficient (Wildman–Crippen LogP) is 5.07. The van der Waals surface area contributed by atoms with E-state index >= 15 is 0 Å². The first-order chi connectivity index (χ1) is 12.8. The van der Waals surface area contributed by atoms with Crippen molar-refractivity contribution >= 4 is 11.8 Å². The second-order valence-corrected chi connectivity index (χ2v) is 8.21. The highest BCUT2D eigenvalue weighted by Crippen LogP contribution is 2.30. The molecule has 0 radical (unpaired) electrons. The molecule has 0 bridgehead atoms. The summed E-state index contributed by atoms with van der Waals surface area (Å²) in [5.41, 5.74) is 1.09. The van der Waals surface area contributed by atoms with Crippen molar-refractivity contribution in [3.63, 3.8) is 0 Å². The van der Waals surface area contributed by atoms with Crippen LogP contribution in [-0.2, 0) is 14.2 Å². The zero-order chi connectivity index (χ0) is 19.9. The minimum Gasteiger partial charge on any atom is -0.372 e. The molecule has 1 aliphatic heterocycles. The van der Waals surface area contributed by atoms with Gasteiger partial charge in [-0.3, -0.25) is 0 Å². The third-order valence-corrected chi connectivity index (χ3v) is 5.73. The number of allylic oxidation sites excluding steroid dienone is 3. The molecular weight excluding hydrogens is 384 g/mol. The Balaban J connectivity index is 1.70. The number of thioether (sulfide) groups is 1. The van der Waals surface area contributed by atoms with Crippen LogP contribution in [0, 0.1) is 5.92 Å². The highest BCUT2D eigenvalue weighted by molar-refractivity contribution is 7.99. The van der Waals surface area contributed by atoms with Crippen molar-refractivity contribution in [3.05, 3.63) is 23.8 Å². The Kier molecular flexibility index (Phi) is 9.11. The Morgan fingerprint density at radius 1 is 1.19 bits per heavy atom. The molecule has 8 heteroatoms. The molecule has 1 saturated carbocycles. The average molecular weight is 412 g/mol. The van der Waals surface area contributed by atoms with Gasteiger partial charge in [-0.05, 0) is 50.9 Å². The summed E-state index contributed by atoms with van der Waals surface area (Å²) >= 11 is 1.73. The maximum absolute atomic E-state index is 12.9. The Hall–Kier alpha value is -0.570. The molecule has 0 aromatic rings. The smallest absolute Gasteiger partial charge is 0.330 e. The van der Waals surface area contributed by atoms with Gasteiger partial charge >= 0.3 is 12.3 Å². The SMILES string of the molecule is CSC1COC(/C=C/C(C)=C/C2CCC(OCC(F)(F)C(F)F)CC2)OC1. The van der Waals surface area contributed by atoms with Crippen LogP contribution in [0.1, 0.15) is 32.6 Å². The lowest BCUT2D eigenvalue weighted by atomic mass is 9.86. The molecule has 2 rings (SSSR count). The van der Waals surface area contributed by atoms with E-state index in [2.05, 4.69) is 6.08 Å². The van der Waals surface area contributed by atoms with E-state index in [1.807, 2.05) is 25.3 Å². The maximum atomic E-state index is 12.9. The molecule has 1 heterocycles. The van der Waals surface area contributed by atoms with Crippen LogP contribution in [0.3, 0.4) is 0 Å². The van der Waals surface area contributed by atoms with Gasteiger partial charge in [0.25, 0.3) is 0 Å². The van der Waals surface area contributed by atoms with Gasteiger partial charge in [-0.25, -0.2) is 8.78 Å². The van der Waals surface area contributed by atoms with Crippen LogP contribution in [0.4, 0.5) is 17.6 Å². The summed E-state index contributed by atoms with van der Waals surface area (Å²) in [4.78, 5) is 0. The van der Waals surface area contributed by atoms with Crippen LogP contribution in [0.25, 0.3) is 0 Å². The lowest BCUT2D eigenvalue weighted by Gasteiger charge is -2.28. The van der Waals surface area contributed by atoms with Crippen molar-refractivity contribution in [1.82, 2.24) is 0 Å². The van der Waals surface area contributed by atoms with Crippen molar-refractivity contribution in [2.45, 2.75) is 62.6 Å². The maximum Gasteiger partial charge on any atom is 0.330 e. The van der Waals surface area contributed by atoms with Gasteiger partial charge in [0.15, 0.2) is 6.29 Å². The molecule has 0 spiro atoms. The fourth-order valence-electron chi connectivity index (χ4n) is 3.12. The molecule has 0 amide bonds.